The SMILES string of the molecule is N#CC1C(=O)SC1=O. The molecule has 8 heavy (non-hydrogen) atoms. The highest BCUT2D eigenvalue weighted by molar-refractivity contribution is 8.29. The molecule has 0 N–H and O–H groups in total. The highest BCUT2D eigenvalue weighted by Gasteiger charge is 2.39. The normalized spacial score (nSPS) is 19.9. The monoisotopic (exact) mass is 127 g/mol. The number of nitrogens with zero attached hydrogens (tertiary/aromatic N) is 1. The van der Waals surface area contributed by atoms with Gasteiger partial charge >= 0.3 is 0 Å². The third kappa shape index (κ3) is 0.521. The predicted octanol–water partition coefficient (Wildman–Crippen LogP) is -0.0738. The lowest BCUT2D eigenvalue weighted by atomic mass is 10.2. The lowest BCUT2D eigenvalue weighted by Gasteiger charge is -2.11. The van der Waals surface area contributed by atoms with Gasteiger partial charge in [0, 0.05) is 0 Å². The maximum Gasteiger partial charge on any atom is 0.222 e. The largest absolute Gasteiger partial charge is 0.285 e. The molecular formula is C4HNO2S. The maximum atomic E-state index is 10.2. The van der Waals surface area contributed by atoms with Crippen LogP contribution in [0.15, 0.2) is 0 Å². The van der Waals surface area contributed by atoms with E-state index >= 15 is 0 Å². The number of nitriles is 1. The van der Waals surface area contributed by atoms with Crippen LogP contribution in [0.3, 0.4) is 0 Å². The van der Waals surface area contributed by atoms with Crippen LogP contribution in [0.5, 0.6) is 0 Å². The number of hydrogen-bond acceptors (Lipinski definition) is 4. The van der Waals surface area contributed by atoms with E-state index in [1.807, 2.05) is 0 Å². The van der Waals surface area contributed by atoms with E-state index in [2.05, 4.69) is 0 Å². The zero-order valence-electron chi connectivity index (χ0n) is 3.75. The second kappa shape index (κ2) is 1.60. The van der Waals surface area contributed by atoms with Crippen LogP contribution in [0.25, 0.3) is 0 Å². The number of hydrogen-bond donors (Lipinski definition) is 0. The van der Waals surface area contributed by atoms with Crippen molar-refractivity contribution < 1.29 is 9.59 Å². The number of carbonyl (C=O) groups excluding carboxylic acids is 2. The van der Waals surface area contributed by atoms with Gasteiger partial charge in [-0.2, -0.15) is 5.26 Å². The Morgan fingerprint density at radius 2 is 2.00 bits per heavy atom. The molecule has 0 unspecified atom stereocenters. The van der Waals surface area contributed by atoms with Crippen LogP contribution in [0.4, 0.5) is 0 Å². The van der Waals surface area contributed by atoms with Crippen molar-refractivity contribution in [1.82, 2.24) is 0 Å². The van der Waals surface area contributed by atoms with Gasteiger partial charge in [0.1, 0.15) is 0 Å². The smallest absolute Gasteiger partial charge is 0.222 e. The van der Waals surface area contributed by atoms with Crippen molar-refractivity contribution >= 4 is 22.0 Å². The molecule has 0 amide bonds. The topological polar surface area (TPSA) is 57.9 Å². The van der Waals surface area contributed by atoms with Gasteiger partial charge in [-0.1, -0.05) is 0 Å². The molecule has 0 saturated carbocycles. The van der Waals surface area contributed by atoms with Crippen molar-refractivity contribution in [1.29, 1.82) is 5.26 Å². The molecule has 1 fully saturated rings. The lowest BCUT2D eigenvalue weighted by Crippen LogP contribution is -2.29. The van der Waals surface area contributed by atoms with Gasteiger partial charge in [0.05, 0.1) is 6.07 Å². The Hall–Kier alpha value is -0.820. The number of carbonyl (C=O) groups is 2. The average molecular weight is 127 g/mol. The highest BCUT2D eigenvalue weighted by atomic mass is 32.2. The third-order valence-electron chi connectivity index (χ3n) is 0.802. The molecule has 1 aliphatic rings. The minimum Gasteiger partial charge on any atom is -0.285 e. The Morgan fingerprint density at radius 3 is 2.12 bits per heavy atom. The molecule has 1 rings (SSSR count). The van der Waals surface area contributed by atoms with Crippen molar-refractivity contribution in [3.05, 3.63) is 0 Å². The molecule has 0 spiro atoms. The Kier molecular flexibility index (Phi) is 1.06. The van der Waals surface area contributed by atoms with Gasteiger partial charge in [-0.3, -0.25) is 9.59 Å². The number of thioether (sulfide) groups is 1. The minimum atomic E-state index is -0.958. The molecule has 0 aromatic carbocycles. The predicted molar refractivity (Wildman–Crippen MR) is 26.7 cm³/mol. The fourth-order valence-corrected chi connectivity index (χ4v) is 0.928. The molecule has 0 aromatic rings. The fraction of sp³-hybridized carbons (Fsp3) is 0.250. The minimum absolute atomic E-state index is 0.322. The van der Waals surface area contributed by atoms with Gasteiger partial charge in [0.25, 0.3) is 0 Å². The fourth-order valence-electron chi connectivity index (χ4n) is 0.361. The summed E-state index contributed by atoms with van der Waals surface area (Å²) in [7, 11) is 0. The van der Waals surface area contributed by atoms with Crippen LogP contribution >= 0.6 is 11.8 Å². The molecule has 0 aromatic heterocycles. The van der Waals surface area contributed by atoms with Gasteiger partial charge in [0.15, 0.2) is 5.92 Å². The van der Waals surface area contributed by atoms with Crippen LogP contribution in [-0.2, 0) is 9.59 Å². The van der Waals surface area contributed by atoms with Gasteiger partial charge in [0.2, 0.25) is 10.2 Å². The van der Waals surface area contributed by atoms with E-state index < -0.39 is 5.92 Å². The van der Waals surface area contributed by atoms with Crippen molar-refractivity contribution in [3.8, 4) is 6.07 Å². The van der Waals surface area contributed by atoms with Gasteiger partial charge in [-0.05, 0) is 11.8 Å². The van der Waals surface area contributed by atoms with E-state index in [0.29, 0.717) is 11.8 Å². The van der Waals surface area contributed by atoms with Crippen LogP contribution in [0.2, 0.25) is 0 Å². The first-order chi connectivity index (χ1) is 3.75. The zero-order valence-corrected chi connectivity index (χ0v) is 4.57. The van der Waals surface area contributed by atoms with E-state index in [9.17, 15) is 9.59 Å². The molecule has 1 heterocycles. The van der Waals surface area contributed by atoms with Crippen molar-refractivity contribution in [2.75, 3.05) is 0 Å². The summed E-state index contributed by atoms with van der Waals surface area (Å²) >= 11 is 0.616. The van der Waals surface area contributed by atoms with Crippen molar-refractivity contribution in [2.45, 2.75) is 0 Å². The van der Waals surface area contributed by atoms with Crippen LogP contribution < -0.4 is 0 Å². The summed E-state index contributed by atoms with van der Waals surface area (Å²) in [5, 5.41) is 7.38. The van der Waals surface area contributed by atoms with Crippen molar-refractivity contribution in [3.63, 3.8) is 0 Å². The van der Waals surface area contributed by atoms with E-state index in [0.717, 1.165) is 0 Å². The first kappa shape index (κ1) is 5.32. The summed E-state index contributed by atoms with van der Waals surface area (Å²) in [5.41, 5.74) is 0. The van der Waals surface area contributed by atoms with E-state index in [1.165, 1.54) is 0 Å². The molecule has 0 atom stereocenters. The van der Waals surface area contributed by atoms with Gasteiger partial charge < -0.3 is 0 Å². The second-order valence-corrected chi connectivity index (χ2v) is 2.31. The Labute approximate surface area is 49.7 Å². The van der Waals surface area contributed by atoms with E-state index in [1.54, 1.807) is 6.07 Å². The summed E-state index contributed by atoms with van der Waals surface area (Å²) in [6, 6.07) is 1.58. The molecule has 4 heteroatoms. The second-order valence-electron chi connectivity index (χ2n) is 1.30. The van der Waals surface area contributed by atoms with Crippen LogP contribution in [0.1, 0.15) is 0 Å². The molecule has 1 saturated heterocycles. The summed E-state index contributed by atoms with van der Waals surface area (Å²) in [5.74, 6) is -0.958. The highest BCUT2D eigenvalue weighted by Crippen LogP contribution is 2.27. The summed E-state index contributed by atoms with van der Waals surface area (Å²) in [6.07, 6.45) is 0. The maximum absolute atomic E-state index is 10.2. The molecule has 40 valence electrons. The van der Waals surface area contributed by atoms with Crippen LogP contribution in [-0.4, -0.2) is 10.2 Å². The van der Waals surface area contributed by atoms with Crippen LogP contribution in [0, 0.1) is 17.2 Å². The van der Waals surface area contributed by atoms with Gasteiger partial charge in [-0.25, -0.2) is 0 Å². The molecule has 0 aliphatic carbocycles. The molecule has 0 radical (unpaired) electrons. The summed E-state index contributed by atoms with van der Waals surface area (Å²) in [6.45, 7) is 0. The molecular weight excluding hydrogens is 126 g/mol. The molecule has 0 bridgehead atoms. The quantitative estimate of drug-likeness (QED) is 0.427. The molecule has 1 aliphatic heterocycles. The standard InChI is InChI=1S/C4HNO2S/c5-1-2-3(6)8-4(2)7/h2H. The van der Waals surface area contributed by atoms with E-state index in [-0.39, 0.29) is 10.2 Å². The Balaban J connectivity index is 2.69. The Morgan fingerprint density at radius 1 is 1.50 bits per heavy atom. The van der Waals surface area contributed by atoms with Gasteiger partial charge in [-0.15, -0.1) is 0 Å². The Bertz CT molecular complexity index is 179. The third-order valence-corrected chi connectivity index (χ3v) is 1.68. The summed E-state index contributed by atoms with van der Waals surface area (Å²) < 4.78 is 0. The summed E-state index contributed by atoms with van der Waals surface area (Å²) in [4.78, 5) is 20.4. The lowest BCUT2D eigenvalue weighted by molar-refractivity contribution is -0.124. The molecule has 3 nitrogen and oxygen atoms in total. The first-order valence-electron chi connectivity index (χ1n) is 1.91. The zero-order chi connectivity index (χ0) is 6.15. The number of rotatable bonds is 0. The van der Waals surface area contributed by atoms with E-state index in [4.69, 9.17) is 5.26 Å². The van der Waals surface area contributed by atoms with Crippen molar-refractivity contribution in [2.24, 2.45) is 5.92 Å². The first-order valence-corrected chi connectivity index (χ1v) is 2.72. The average Bonchev–Trinajstić information content (AvgIpc) is 1.67.